The molecule has 0 heterocycles. The highest BCUT2D eigenvalue weighted by molar-refractivity contribution is 5.81. The van der Waals surface area contributed by atoms with Crippen molar-refractivity contribution in [1.82, 2.24) is 0 Å². The number of esters is 2. The smallest absolute Gasteiger partial charge is 0.308 e. The number of hydrogen-bond acceptors (Lipinski definition) is 5. The molecule has 3 unspecified atom stereocenters. The second kappa shape index (κ2) is 55.8. The molecule has 5 heteroatoms. The maximum absolute atomic E-state index is 14.1. The molecule has 0 aliphatic heterocycles. The van der Waals surface area contributed by atoms with Crippen molar-refractivity contribution in [1.29, 1.82) is 0 Å². The summed E-state index contributed by atoms with van der Waals surface area (Å²) in [7, 11) is 0. The summed E-state index contributed by atoms with van der Waals surface area (Å²) >= 11 is 0. The lowest BCUT2D eigenvalue weighted by Crippen LogP contribution is -2.24. The molecule has 0 saturated heterocycles. The van der Waals surface area contributed by atoms with Gasteiger partial charge in [0.2, 0.25) is 0 Å². The lowest BCUT2D eigenvalue weighted by atomic mass is 9.77. The highest BCUT2D eigenvalue weighted by Crippen LogP contribution is 2.33. The first-order chi connectivity index (χ1) is 35.2. The van der Waals surface area contributed by atoms with Gasteiger partial charge in [-0.2, -0.15) is 0 Å². The quantitative estimate of drug-likeness (QED) is 0.0448. The number of carbonyl (C=O) groups excluding carboxylic acids is 3. The van der Waals surface area contributed by atoms with Crippen LogP contribution in [0.25, 0.3) is 0 Å². The van der Waals surface area contributed by atoms with Crippen molar-refractivity contribution in [2.45, 2.75) is 370 Å². The Morgan fingerprint density at radius 1 is 0.292 bits per heavy atom. The van der Waals surface area contributed by atoms with Crippen LogP contribution in [0.3, 0.4) is 0 Å². The Bertz CT molecular complexity index is 1070. The average molecular weight is 1020 g/mol. The van der Waals surface area contributed by atoms with E-state index in [0.717, 1.165) is 96.3 Å². The summed E-state index contributed by atoms with van der Waals surface area (Å²) < 4.78 is 11.8. The third kappa shape index (κ3) is 46.0. The van der Waals surface area contributed by atoms with Crippen LogP contribution in [0, 0.1) is 29.6 Å². The van der Waals surface area contributed by atoms with Crippen molar-refractivity contribution in [3.8, 4) is 0 Å². The number of hydrogen-bond donors (Lipinski definition) is 0. The fourth-order valence-corrected chi connectivity index (χ4v) is 11.3. The summed E-state index contributed by atoms with van der Waals surface area (Å²) in [5.41, 5.74) is 0. The number of ketones is 1. The SMILES string of the molecule is CCCCCCCCC(=O)C(CCCC(C)C)C(CCCCCCCCCOC(=O)C(CCCCCC)CCCCCCCC)CCCCCCCCCOC(=O)C(CCCCCC)CCCCCCCC. The molecule has 0 spiro atoms. The molecule has 0 radical (unpaired) electrons. The topological polar surface area (TPSA) is 69.7 Å². The largest absolute Gasteiger partial charge is 0.465 e. The van der Waals surface area contributed by atoms with E-state index in [-0.39, 0.29) is 29.7 Å². The van der Waals surface area contributed by atoms with E-state index in [2.05, 4.69) is 48.5 Å². The van der Waals surface area contributed by atoms with Crippen molar-refractivity contribution in [2.75, 3.05) is 13.2 Å². The lowest BCUT2D eigenvalue weighted by molar-refractivity contribution is -0.150. The van der Waals surface area contributed by atoms with E-state index in [9.17, 15) is 14.4 Å². The second-order valence-electron chi connectivity index (χ2n) is 23.7. The van der Waals surface area contributed by atoms with Crippen LogP contribution in [-0.2, 0) is 23.9 Å². The zero-order valence-electron chi connectivity index (χ0n) is 50.2. The van der Waals surface area contributed by atoms with Crippen LogP contribution in [0.4, 0.5) is 0 Å². The van der Waals surface area contributed by atoms with Gasteiger partial charge in [0.25, 0.3) is 0 Å². The first kappa shape index (κ1) is 70.6. The number of Topliss-reactive ketones (excluding diaryl/α,β-unsaturated/α-hetero) is 1. The minimum Gasteiger partial charge on any atom is -0.465 e. The van der Waals surface area contributed by atoms with Crippen molar-refractivity contribution in [3.05, 3.63) is 0 Å². The molecule has 0 aromatic heterocycles. The average Bonchev–Trinajstić information content (AvgIpc) is 3.37. The Morgan fingerprint density at radius 3 is 0.903 bits per heavy atom. The third-order valence-electron chi connectivity index (χ3n) is 16.3. The summed E-state index contributed by atoms with van der Waals surface area (Å²) in [4.78, 5) is 40.3. The van der Waals surface area contributed by atoms with Gasteiger partial charge in [-0.3, -0.25) is 14.4 Å². The van der Waals surface area contributed by atoms with E-state index >= 15 is 0 Å². The zero-order chi connectivity index (χ0) is 52.8. The Labute approximate surface area is 452 Å². The van der Waals surface area contributed by atoms with Crippen LogP contribution in [0.5, 0.6) is 0 Å². The molecule has 72 heavy (non-hydrogen) atoms. The second-order valence-corrected chi connectivity index (χ2v) is 23.7. The summed E-state index contributed by atoms with van der Waals surface area (Å²) in [5, 5.41) is 0. The van der Waals surface area contributed by atoms with Crippen molar-refractivity contribution in [3.63, 3.8) is 0 Å². The Hall–Kier alpha value is -1.39. The van der Waals surface area contributed by atoms with Crippen LogP contribution >= 0.6 is 0 Å². The first-order valence-corrected chi connectivity index (χ1v) is 33.1. The summed E-state index contributed by atoms with van der Waals surface area (Å²) in [6.45, 7) is 17.2. The predicted molar refractivity (Wildman–Crippen MR) is 315 cm³/mol. The third-order valence-corrected chi connectivity index (χ3v) is 16.3. The monoisotopic (exact) mass is 1010 g/mol. The highest BCUT2D eigenvalue weighted by atomic mass is 16.5. The molecule has 428 valence electrons. The standard InChI is InChI=1S/C67H130O5/c1-8-13-18-23-32-43-54-62(52-39-21-16-11-4)66(69)71-58-46-37-30-26-28-34-41-50-61(64(56-48-49-60(6)7)65(68)57-45-36-25-20-15-10-3)51-42-35-29-27-31-38-47-59-72-67(70)63(53-40-22-17-12-5)55-44-33-24-19-14-9-2/h60-64H,8-59H2,1-7H3. The van der Waals surface area contributed by atoms with Gasteiger partial charge in [-0.25, -0.2) is 0 Å². The van der Waals surface area contributed by atoms with E-state index in [1.807, 2.05) is 0 Å². The van der Waals surface area contributed by atoms with Crippen LogP contribution in [-0.4, -0.2) is 30.9 Å². The summed E-state index contributed by atoms with van der Waals surface area (Å²) in [5.74, 6) is 2.39. The maximum Gasteiger partial charge on any atom is 0.308 e. The van der Waals surface area contributed by atoms with Gasteiger partial charge in [0.1, 0.15) is 5.78 Å². The number of ether oxygens (including phenoxy) is 2. The van der Waals surface area contributed by atoms with Gasteiger partial charge in [-0.1, -0.05) is 299 Å². The molecule has 3 atom stereocenters. The van der Waals surface area contributed by atoms with E-state index in [1.54, 1.807) is 0 Å². The molecular formula is C67H130O5. The van der Waals surface area contributed by atoms with Crippen LogP contribution in [0.1, 0.15) is 370 Å². The van der Waals surface area contributed by atoms with E-state index in [0.29, 0.717) is 30.8 Å². The summed E-state index contributed by atoms with van der Waals surface area (Å²) in [6.07, 6.45) is 60.0. The minimum absolute atomic E-state index is 0.0731. The van der Waals surface area contributed by atoms with Crippen LogP contribution in [0.15, 0.2) is 0 Å². The van der Waals surface area contributed by atoms with Gasteiger partial charge in [0, 0.05) is 12.3 Å². The minimum atomic E-state index is 0.0731. The zero-order valence-corrected chi connectivity index (χ0v) is 50.2. The lowest BCUT2D eigenvalue weighted by Gasteiger charge is -2.27. The van der Waals surface area contributed by atoms with Gasteiger partial charge >= 0.3 is 11.9 Å². The van der Waals surface area contributed by atoms with Crippen LogP contribution < -0.4 is 0 Å². The molecule has 0 aliphatic rings. The Morgan fingerprint density at radius 2 is 0.569 bits per heavy atom. The van der Waals surface area contributed by atoms with Gasteiger partial charge in [0.15, 0.2) is 0 Å². The molecule has 0 fully saturated rings. The Balaban J connectivity index is 5.00. The molecule has 0 amide bonds. The van der Waals surface area contributed by atoms with Gasteiger partial charge in [0.05, 0.1) is 25.0 Å². The van der Waals surface area contributed by atoms with Gasteiger partial charge < -0.3 is 9.47 Å². The predicted octanol–water partition coefficient (Wildman–Crippen LogP) is 22.4. The molecule has 0 aliphatic carbocycles. The van der Waals surface area contributed by atoms with Crippen molar-refractivity contribution >= 4 is 17.7 Å². The first-order valence-electron chi connectivity index (χ1n) is 33.1. The molecule has 0 bridgehead atoms. The molecule has 0 saturated carbocycles. The molecule has 0 N–H and O–H groups in total. The number of rotatable bonds is 59. The highest BCUT2D eigenvalue weighted by Gasteiger charge is 2.27. The molecule has 0 rings (SSSR count). The number of carbonyl (C=O) groups is 3. The Kier molecular flexibility index (Phi) is 54.8. The van der Waals surface area contributed by atoms with Gasteiger partial charge in [-0.05, 0) is 76.0 Å². The van der Waals surface area contributed by atoms with Crippen molar-refractivity contribution in [2.24, 2.45) is 29.6 Å². The summed E-state index contributed by atoms with van der Waals surface area (Å²) in [6, 6.07) is 0. The van der Waals surface area contributed by atoms with E-state index in [1.165, 1.54) is 225 Å². The van der Waals surface area contributed by atoms with Gasteiger partial charge in [-0.15, -0.1) is 0 Å². The molecular weight excluding hydrogens is 885 g/mol. The van der Waals surface area contributed by atoms with Crippen LogP contribution in [0.2, 0.25) is 0 Å². The number of unbranched alkanes of at least 4 members (excludes halogenated alkanes) is 33. The fraction of sp³-hybridized carbons (Fsp3) is 0.955. The fourth-order valence-electron chi connectivity index (χ4n) is 11.3. The van der Waals surface area contributed by atoms with E-state index in [4.69, 9.17) is 9.47 Å². The normalized spacial score (nSPS) is 13.4. The molecule has 5 nitrogen and oxygen atoms in total. The van der Waals surface area contributed by atoms with E-state index < -0.39 is 0 Å². The molecule has 0 aromatic carbocycles. The molecule has 0 aromatic rings. The van der Waals surface area contributed by atoms with Crippen molar-refractivity contribution < 1.29 is 23.9 Å². The maximum atomic E-state index is 14.1.